The number of pyridine rings is 1. The highest BCUT2D eigenvalue weighted by atomic mass is 79.9. The quantitative estimate of drug-likeness (QED) is 0.170. The molecule has 1 aliphatic heterocycles. The molecule has 1 aromatic heterocycles. The van der Waals surface area contributed by atoms with Gasteiger partial charge in [0.15, 0.2) is 11.2 Å². The Labute approximate surface area is 296 Å². The largest absolute Gasteiger partial charge is 0.337 e. The zero-order valence-electron chi connectivity index (χ0n) is 23.9. The van der Waals surface area contributed by atoms with Gasteiger partial charge in [-0.25, -0.2) is 26.3 Å². The van der Waals surface area contributed by atoms with Crippen molar-refractivity contribution in [1.29, 1.82) is 0 Å². The van der Waals surface area contributed by atoms with Crippen LogP contribution in [0.3, 0.4) is 0 Å². The zero-order valence-corrected chi connectivity index (χ0v) is 28.6. The number of halogens is 10. The molecule has 2 heterocycles. The summed E-state index contributed by atoms with van der Waals surface area (Å²) in [6.45, 7) is 0. The van der Waals surface area contributed by atoms with Crippen LogP contribution in [0.5, 0.6) is 0 Å². The monoisotopic (exact) mass is 828 g/mol. The van der Waals surface area contributed by atoms with Crippen LogP contribution in [-0.4, -0.2) is 10.4 Å². The molecule has 0 fully saturated rings. The fourth-order valence-corrected chi connectivity index (χ4v) is 6.16. The topological polar surface area (TPSA) is 42.3 Å². The molecule has 0 spiro atoms. The number of carbonyl (C=O) groups excluding carboxylic acids is 1. The molecular formula is C34H18Br2Cl2F6N2O2. The molecule has 0 radical (unpaired) electrons. The van der Waals surface area contributed by atoms with Crippen LogP contribution in [-0.2, 0) is 4.79 Å². The van der Waals surface area contributed by atoms with E-state index in [1.54, 1.807) is 48.5 Å². The molecule has 0 bridgehead atoms. The van der Waals surface area contributed by atoms with E-state index in [2.05, 4.69) is 31.9 Å². The molecule has 0 saturated carbocycles. The van der Waals surface area contributed by atoms with Crippen molar-refractivity contribution in [3.8, 4) is 16.9 Å². The number of Topliss-reactive ketones (excluding diaryl/α,β-unsaturated/α-hetero) is 1. The predicted molar refractivity (Wildman–Crippen MR) is 180 cm³/mol. The maximum Gasteiger partial charge on any atom is 0.196 e. The fraction of sp³-hybridized carbons (Fsp3) is 0.0588. The number of rotatable bonds is 4. The molecule has 4 aromatic carbocycles. The second-order valence-electron chi connectivity index (χ2n) is 10.2. The molecule has 48 heavy (non-hydrogen) atoms. The van der Waals surface area contributed by atoms with Gasteiger partial charge in [-0.05, 0) is 56.1 Å². The molecule has 0 saturated heterocycles. The molecule has 14 heteroatoms. The van der Waals surface area contributed by atoms with Gasteiger partial charge >= 0.3 is 0 Å². The van der Waals surface area contributed by atoms with Gasteiger partial charge in [0.05, 0.1) is 47.7 Å². The van der Waals surface area contributed by atoms with Gasteiger partial charge in [0.2, 0.25) is 0 Å². The first-order valence-corrected chi connectivity index (χ1v) is 16.0. The van der Waals surface area contributed by atoms with Crippen molar-refractivity contribution in [1.82, 2.24) is 4.57 Å². The van der Waals surface area contributed by atoms with Crippen molar-refractivity contribution in [3.63, 3.8) is 0 Å². The summed E-state index contributed by atoms with van der Waals surface area (Å²) in [5.74, 6) is -6.70. The van der Waals surface area contributed by atoms with Gasteiger partial charge in [0.1, 0.15) is 34.9 Å². The molecule has 0 N–H and O–H groups in total. The first-order valence-electron chi connectivity index (χ1n) is 13.7. The third-order valence-corrected chi connectivity index (χ3v) is 9.00. The number of hydrogen-bond donors (Lipinski definition) is 0. The van der Waals surface area contributed by atoms with Gasteiger partial charge in [-0.3, -0.25) is 9.59 Å². The Bertz CT molecular complexity index is 2120. The Hall–Kier alpha value is -3.84. The van der Waals surface area contributed by atoms with Crippen LogP contribution >= 0.6 is 55.1 Å². The molecule has 1 aliphatic rings. The van der Waals surface area contributed by atoms with E-state index in [1.807, 2.05) is 0 Å². The lowest BCUT2D eigenvalue weighted by atomic mass is 9.95. The molecule has 4 nitrogen and oxygen atoms in total. The van der Waals surface area contributed by atoms with Crippen molar-refractivity contribution in [2.24, 2.45) is 0 Å². The minimum atomic E-state index is -1.12. The van der Waals surface area contributed by atoms with E-state index in [4.69, 9.17) is 23.2 Å². The summed E-state index contributed by atoms with van der Waals surface area (Å²) < 4.78 is 85.0. The Balaban J connectivity index is 0.000000188. The van der Waals surface area contributed by atoms with E-state index in [9.17, 15) is 35.9 Å². The number of para-hydroxylation sites is 2. The summed E-state index contributed by atoms with van der Waals surface area (Å²) in [5, 5.41) is 0.675. The van der Waals surface area contributed by atoms with E-state index >= 15 is 0 Å². The molecule has 0 amide bonds. The molecule has 246 valence electrons. The van der Waals surface area contributed by atoms with E-state index < -0.39 is 51.9 Å². The van der Waals surface area contributed by atoms with Crippen molar-refractivity contribution < 1.29 is 31.1 Å². The lowest BCUT2D eigenvalue weighted by molar-refractivity contribution is -0.115. The van der Waals surface area contributed by atoms with Gasteiger partial charge < -0.3 is 9.47 Å². The number of allylic oxidation sites excluding steroid dienone is 1. The minimum Gasteiger partial charge on any atom is -0.337 e. The second-order valence-corrected chi connectivity index (χ2v) is 12.7. The van der Waals surface area contributed by atoms with Gasteiger partial charge in [-0.15, -0.1) is 0 Å². The minimum absolute atomic E-state index is 0.0775. The normalized spacial score (nSPS) is 14.4. The summed E-state index contributed by atoms with van der Waals surface area (Å²) in [6, 6.07) is 15.7. The summed E-state index contributed by atoms with van der Waals surface area (Å²) >= 11 is 18.6. The average Bonchev–Trinajstić information content (AvgIpc) is 3.00. The number of anilines is 1. The highest BCUT2D eigenvalue weighted by molar-refractivity contribution is 9.12. The molecule has 6 rings (SSSR count). The van der Waals surface area contributed by atoms with E-state index in [0.29, 0.717) is 45.7 Å². The standard InChI is InChI=1S/C17H10BrClF3NO.C17H8BrClF3NO/c2*18-10-8-23(14-4-2-1-3-11(14)19)15(7-16(10)24)17-12(21)5-9(20)6-13(17)22/h1-6,8,15H,7H2;1-8H. The molecular weight excluding hydrogens is 813 g/mol. The van der Waals surface area contributed by atoms with Crippen LogP contribution in [0.1, 0.15) is 18.0 Å². The van der Waals surface area contributed by atoms with Gasteiger partial charge in [-0.2, -0.15) is 0 Å². The first-order chi connectivity index (χ1) is 22.8. The number of aromatic nitrogens is 1. The average molecular weight is 831 g/mol. The molecule has 1 unspecified atom stereocenters. The third kappa shape index (κ3) is 7.41. The smallest absolute Gasteiger partial charge is 0.196 e. The lowest BCUT2D eigenvalue weighted by Crippen LogP contribution is -2.32. The van der Waals surface area contributed by atoms with E-state index in [0.717, 1.165) is 6.07 Å². The summed E-state index contributed by atoms with van der Waals surface area (Å²) in [6.07, 6.45) is 2.61. The van der Waals surface area contributed by atoms with Gasteiger partial charge in [0, 0.05) is 54.7 Å². The Kier molecular flexibility index (Phi) is 10.9. The van der Waals surface area contributed by atoms with Crippen LogP contribution in [0.25, 0.3) is 16.9 Å². The maximum atomic E-state index is 14.2. The van der Waals surface area contributed by atoms with Crippen molar-refractivity contribution in [3.05, 3.63) is 161 Å². The van der Waals surface area contributed by atoms with Crippen molar-refractivity contribution >= 4 is 66.5 Å². The molecule has 0 aliphatic carbocycles. The SMILES string of the molecule is O=C1CC(c2c(F)cc(F)cc2F)N(c2ccccc2Cl)C=C1Br.O=c1cc(-c2c(F)cc(F)cc2F)n(-c2ccccc2Cl)cc1Br. The van der Waals surface area contributed by atoms with Gasteiger partial charge in [0.25, 0.3) is 0 Å². The van der Waals surface area contributed by atoms with Crippen molar-refractivity contribution in [2.45, 2.75) is 12.5 Å². The second kappa shape index (κ2) is 14.7. The first kappa shape index (κ1) is 35.5. The zero-order chi connectivity index (χ0) is 34.9. The highest BCUT2D eigenvalue weighted by Crippen LogP contribution is 2.41. The van der Waals surface area contributed by atoms with Crippen LogP contribution in [0.15, 0.2) is 105 Å². The molecule has 5 aromatic rings. The van der Waals surface area contributed by atoms with E-state index in [-0.39, 0.29) is 32.4 Å². The lowest BCUT2D eigenvalue weighted by Gasteiger charge is -2.35. The summed E-state index contributed by atoms with van der Waals surface area (Å²) in [4.78, 5) is 25.5. The number of nitrogens with zero attached hydrogens (tertiary/aromatic N) is 2. The Morgan fingerprint density at radius 3 is 1.73 bits per heavy atom. The fourth-order valence-electron chi connectivity index (χ4n) is 5.00. The Morgan fingerprint density at radius 2 is 1.19 bits per heavy atom. The van der Waals surface area contributed by atoms with Gasteiger partial charge in [-0.1, -0.05) is 47.5 Å². The van der Waals surface area contributed by atoms with Crippen LogP contribution < -0.4 is 10.3 Å². The third-order valence-electron chi connectivity index (χ3n) is 7.12. The van der Waals surface area contributed by atoms with E-state index in [1.165, 1.54) is 21.9 Å². The highest BCUT2D eigenvalue weighted by Gasteiger charge is 2.34. The number of hydrogen-bond acceptors (Lipinski definition) is 3. The van der Waals surface area contributed by atoms with Crippen LogP contribution in [0, 0.1) is 34.9 Å². The summed E-state index contributed by atoms with van der Waals surface area (Å²) in [7, 11) is 0. The molecule has 1 atom stereocenters. The Morgan fingerprint density at radius 1 is 0.688 bits per heavy atom. The number of ketones is 1. The predicted octanol–water partition coefficient (Wildman–Crippen LogP) is 10.9. The number of benzene rings is 4. The number of carbonyl (C=O) groups is 1. The van der Waals surface area contributed by atoms with Crippen molar-refractivity contribution in [2.75, 3.05) is 4.90 Å². The van der Waals surface area contributed by atoms with Crippen LogP contribution in [0.2, 0.25) is 10.0 Å². The van der Waals surface area contributed by atoms with Crippen LogP contribution in [0.4, 0.5) is 32.0 Å². The summed E-state index contributed by atoms with van der Waals surface area (Å²) in [5.41, 5.74) is -0.542. The maximum absolute atomic E-state index is 14.2.